The zero-order valence-corrected chi connectivity index (χ0v) is 11.1. The van der Waals surface area contributed by atoms with Crippen molar-refractivity contribution in [3.8, 4) is 0 Å². The highest BCUT2D eigenvalue weighted by molar-refractivity contribution is 5.85. The van der Waals surface area contributed by atoms with E-state index in [0.717, 1.165) is 39.1 Å². The Hall–Kier alpha value is -0.320. The molecule has 0 radical (unpaired) electrons. The van der Waals surface area contributed by atoms with E-state index in [1.807, 2.05) is 0 Å². The summed E-state index contributed by atoms with van der Waals surface area (Å²) in [6.07, 6.45) is 5.21. The molecule has 0 bridgehead atoms. The topological polar surface area (TPSA) is 50.4 Å². The summed E-state index contributed by atoms with van der Waals surface area (Å²) in [5.41, 5.74) is 0. The van der Waals surface area contributed by atoms with Gasteiger partial charge in [-0.1, -0.05) is 0 Å². The minimum atomic E-state index is 0. The predicted molar refractivity (Wildman–Crippen MR) is 69.4 cm³/mol. The number of carbonyl (C=O) groups excluding carboxylic acids is 1. The summed E-state index contributed by atoms with van der Waals surface area (Å²) in [5, 5.41) is 6.41. The molecule has 5 heteroatoms. The first-order valence-corrected chi connectivity index (χ1v) is 6.42. The molecular weight excluding hydrogens is 240 g/mol. The molecule has 0 aromatic rings. The maximum atomic E-state index is 11.6. The molecule has 2 N–H and O–H groups in total. The van der Waals surface area contributed by atoms with Crippen LogP contribution < -0.4 is 10.6 Å². The molecule has 0 aliphatic carbocycles. The number of hydrogen-bond donors (Lipinski definition) is 2. The molecule has 2 saturated heterocycles. The van der Waals surface area contributed by atoms with Gasteiger partial charge in [0.05, 0.1) is 6.61 Å². The number of amides is 1. The van der Waals surface area contributed by atoms with E-state index in [4.69, 9.17) is 4.74 Å². The van der Waals surface area contributed by atoms with E-state index in [0.29, 0.717) is 18.4 Å². The van der Waals surface area contributed by atoms with E-state index in [-0.39, 0.29) is 18.3 Å². The summed E-state index contributed by atoms with van der Waals surface area (Å²) < 4.78 is 5.27. The lowest BCUT2D eigenvalue weighted by atomic mass is 10.1. The molecule has 100 valence electrons. The Bertz CT molecular complexity index is 205. The van der Waals surface area contributed by atoms with Gasteiger partial charge in [0.15, 0.2) is 0 Å². The van der Waals surface area contributed by atoms with Crippen LogP contribution in [-0.2, 0) is 9.53 Å². The SMILES string of the molecule is Cl.O=C(CCC1CCCN1)NCC1CCOC1. The highest BCUT2D eigenvalue weighted by atomic mass is 35.5. The first kappa shape index (κ1) is 14.7. The van der Waals surface area contributed by atoms with Crippen LogP contribution in [0.25, 0.3) is 0 Å². The molecule has 2 fully saturated rings. The molecule has 4 nitrogen and oxygen atoms in total. The third kappa shape index (κ3) is 5.23. The van der Waals surface area contributed by atoms with Crippen LogP contribution in [0, 0.1) is 5.92 Å². The van der Waals surface area contributed by atoms with Crippen LogP contribution in [0.2, 0.25) is 0 Å². The van der Waals surface area contributed by atoms with Gasteiger partial charge in [0.25, 0.3) is 0 Å². The number of halogens is 1. The number of hydrogen-bond acceptors (Lipinski definition) is 3. The van der Waals surface area contributed by atoms with Gasteiger partial charge in [0.1, 0.15) is 0 Å². The Morgan fingerprint density at radius 3 is 2.94 bits per heavy atom. The second kappa shape index (κ2) is 7.90. The lowest BCUT2D eigenvalue weighted by Gasteiger charge is -2.11. The zero-order valence-electron chi connectivity index (χ0n) is 10.2. The molecule has 0 spiro atoms. The largest absolute Gasteiger partial charge is 0.381 e. The molecule has 1 amide bonds. The minimum Gasteiger partial charge on any atom is -0.381 e. The molecular formula is C12H23ClN2O2. The van der Waals surface area contributed by atoms with Crippen LogP contribution in [-0.4, -0.2) is 38.3 Å². The monoisotopic (exact) mass is 262 g/mol. The van der Waals surface area contributed by atoms with Crippen molar-refractivity contribution in [1.29, 1.82) is 0 Å². The Balaban J connectivity index is 0.00000144. The normalized spacial score (nSPS) is 27.8. The van der Waals surface area contributed by atoms with Gasteiger partial charge >= 0.3 is 0 Å². The standard InChI is InChI=1S/C12H22N2O2.ClH/c15-12(4-3-11-2-1-6-13-11)14-8-10-5-7-16-9-10;/h10-11,13H,1-9H2,(H,14,15);1H. The summed E-state index contributed by atoms with van der Waals surface area (Å²) >= 11 is 0. The Morgan fingerprint density at radius 1 is 1.41 bits per heavy atom. The molecule has 2 rings (SSSR count). The lowest BCUT2D eigenvalue weighted by molar-refractivity contribution is -0.121. The smallest absolute Gasteiger partial charge is 0.220 e. The molecule has 0 aromatic heterocycles. The number of carbonyl (C=O) groups is 1. The second-order valence-electron chi connectivity index (χ2n) is 4.87. The van der Waals surface area contributed by atoms with E-state index in [9.17, 15) is 4.79 Å². The fraction of sp³-hybridized carbons (Fsp3) is 0.917. The molecule has 2 unspecified atom stereocenters. The Kier molecular flexibility index (Phi) is 6.85. The van der Waals surface area contributed by atoms with Crippen molar-refractivity contribution in [3.05, 3.63) is 0 Å². The Morgan fingerprint density at radius 2 is 2.29 bits per heavy atom. The van der Waals surface area contributed by atoms with Crippen LogP contribution in [0.4, 0.5) is 0 Å². The number of nitrogens with one attached hydrogen (secondary N) is 2. The van der Waals surface area contributed by atoms with Crippen LogP contribution in [0.15, 0.2) is 0 Å². The Labute approximate surface area is 109 Å². The molecule has 2 aliphatic heterocycles. The predicted octanol–water partition coefficient (Wildman–Crippen LogP) is 1.09. The van der Waals surface area contributed by atoms with E-state index < -0.39 is 0 Å². The van der Waals surface area contributed by atoms with Gasteiger partial charge in [-0.3, -0.25) is 4.79 Å². The van der Waals surface area contributed by atoms with Crippen molar-refractivity contribution >= 4 is 18.3 Å². The number of ether oxygens (including phenoxy) is 1. The molecule has 17 heavy (non-hydrogen) atoms. The quantitative estimate of drug-likeness (QED) is 0.780. The molecule has 2 heterocycles. The van der Waals surface area contributed by atoms with E-state index >= 15 is 0 Å². The van der Waals surface area contributed by atoms with Gasteiger partial charge in [-0.15, -0.1) is 12.4 Å². The minimum absolute atomic E-state index is 0. The van der Waals surface area contributed by atoms with Crippen molar-refractivity contribution in [1.82, 2.24) is 10.6 Å². The average molecular weight is 263 g/mol. The molecule has 0 saturated carbocycles. The third-order valence-electron chi connectivity index (χ3n) is 3.49. The van der Waals surface area contributed by atoms with Crippen LogP contribution in [0.1, 0.15) is 32.1 Å². The van der Waals surface area contributed by atoms with Crippen molar-refractivity contribution in [2.75, 3.05) is 26.3 Å². The third-order valence-corrected chi connectivity index (χ3v) is 3.49. The van der Waals surface area contributed by atoms with Gasteiger partial charge < -0.3 is 15.4 Å². The molecule has 0 aromatic carbocycles. The molecule has 2 atom stereocenters. The van der Waals surface area contributed by atoms with Gasteiger partial charge in [-0.2, -0.15) is 0 Å². The van der Waals surface area contributed by atoms with Crippen molar-refractivity contribution in [3.63, 3.8) is 0 Å². The maximum absolute atomic E-state index is 11.6. The highest BCUT2D eigenvalue weighted by Gasteiger charge is 2.18. The van der Waals surface area contributed by atoms with Crippen molar-refractivity contribution in [2.24, 2.45) is 5.92 Å². The summed E-state index contributed by atoms with van der Waals surface area (Å²) in [6, 6.07) is 0.570. The maximum Gasteiger partial charge on any atom is 0.220 e. The molecule has 2 aliphatic rings. The second-order valence-corrected chi connectivity index (χ2v) is 4.87. The van der Waals surface area contributed by atoms with E-state index in [1.54, 1.807) is 0 Å². The van der Waals surface area contributed by atoms with Crippen LogP contribution in [0.5, 0.6) is 0 Å². The zero-order chi connectivity index (χ0) is 11.2. The van der Waals surface area contributed by atoms with Crippen LogP contribution in [0.3, 0.4) is 0 Å². The average Bonchev–Trinajstić information content (AvgIpc) is 2.96. The lowest BCUT2D eigenvalue weighted by Crippen LogP contribution is -2.31. The van der Waals surface area contributed by atoms with Crippen molar-refractivity contribution < 1.29 is 9.53 Å². The summed E-state index contributed by atoms with van der Waals surface area (Å²) in [6.45, 7) is 3.57. The summed E-state index contributed by atoms with van der Waals surface area (Å²) in [5.74, 6) is 0.731. The van der Waals surface area contributed by atoms with Crippen LogP contribution >= 0.6 is 12.4 Å². The van der Waals surface area contributed by atoms with Gasteiger partial charge in [0, 0.05) is 31.5 Å². The van der Waals surface area contributed by atoms with E-state index in [1.165, 1.54) is 12.8 Å². The number of rotatable bonds is 5. The first-order chi connectivity index (χ1) is 7.84. The summed E-state index contributed by atoms with van der Waals surface area (Å²) in [7, 11) is 0. The first-order valence-electron chi connectivity index (χ1n) is 6.42. The fourth-order valence-corrected chi connectivity index (χ4v) is 2.40. The van der Waals surface area contributed by atoms with E-state index in [2.05, 4.69) is 10.6 Å². The van der Waals surface area contributed by atoms with Gasteiger partial charge in [-0.25, -0.2) is 0 Å². The van der Waals surface area contributed by atoms with Crippen molar-refractivity contribution in [2.45, 2.75) is 38.1 Å². The van der Waals surface area contributed by atoms with Gasteiger partial charge in [0.2, 0.25) is 5.91 Å². The fourth-order valence-electron chi connectivity index (χ4n) is 2.40. The summed E-state index contributed by atoms with van der Waals surface area (Å²) in [4.78, 5) is 11.6. The highest BCUT2D eigenvalue weighted by Crippen LogP contribution is 2.12. The van der Waals surface area contributed by atoms with Gasteiger partial charge in [-0.05, 0) is 32.2 Å².